The Morgan fingerprint density at radius 3 is 2.37 bits per heavy atom. The highest BCUT2D eigenvalue weighted by atomic mass is 16.2. The van der Waals surface area contributed by atoms with Crippen LogP contribution >= 0.6 is 0 Å². The summed E-state index contributed by atoms with van der Waals surface area (Å²) in [5.74, 6) is -0.198. The standard InChI is InChI=1S/C21H25N5O/c1-21(2,3)16-5-7-17(8-6-16)25-20(27)19-18(14-24-26(19)4)23-13-15-9-11-22-12-10-15/h5-12,14,23H,13H2,1-4H3,(H,25,27). The Balaban J connectivity index is 1.72. The molecule has 140 valence electrons. The van der Waals surface area contributed by atoms with Gasteiger partial charge in [-0.25, -0.2) is 0 Å². The third-order valence-electron chi connectivity index (χ3n) is 4.39. The Hall–Kier alpha value is -3.15. The lowest BCUT2D eigenvalue weighted by atomic mass is 9.87. The van der Waals surface area contributed by atoms with E-state index in [-0.39, 0.29) is 11.3 Å². The molecule has 0 unspecified atom stereocenters. The van der Waals surface area contributed by atoms with Crippen molar-refractivity contribution in [3.8, 4) is 0 Å². The third kappa shape index (κ3) is 4.53. The highest BCUT2D eigenvalue weighted by Crippen LogP contribution is 2.24. The van der Waals surface area contributed by atoms with Crippen LogP contribution in [-0.2, 0) is 19.0 Å². The van der Waals surface area contributed by atoms with Crippen molar-refractivity contribution in [2.45, 2.75) is 32.7 Å². The largest absolute Gasteiger partial charge is 0.378 e. The molecule has 0 saturated carbocycles. The third-order valence-corrected chi connectivity index (χ3v) is 4.39. The van der Waals surface area contributed by atoms with Gasteiger partial charge in [0.15, 0.2) is 0 Å². The van der Waals surface area contributed by atoms with Crippen LogP contribution in [0, 0.1) is 0 Å². The van der Waals surface area contributed by atoms with Gasteiger partial charge in [0, 0.05) is 31.7 Å². The fourth-order valence-corrected chi connectivity index (χ4v) is 2.78. The van der Waals surface area contributed by atoms with E-state index in [9.17, 15) is 4.79 Å². The van der Waals surface area contributed by atoms with Crippen LogP contribution in [0.5, 0.6) is 0 Å². The van der Waals surface area contributed by atoms with Crippen LogP contribution in [0.25, 0.3) is 0 Å². The minimum Gasteiger partial charge on any atom is -0.378 e. The number of nitrogens with zero attached hydrogens (tertiary/aromatic N) is 3. The number of rotatable bonds is 5. The fourth-order valence-electron chi connectivity index (χ4n) is 2.78. The van der Waals surface area contributed by atoms with Gasteiger partial charge in [-0.3, -0.25) is 14.5 Å². The van der Waals surface area contributed by atoms with Gasteiger partial charge < -0.3 is 10.6 Å². The van der Waals surface area contributed by atoms with Crippen LogP contribution in [0.1, 0.15) is 42.4 Å². The molecule has 1 amide bonds. The predicted molar refractivity (Wildman–Crippen MR) is 108 cm³/mol. The number of anilines is 2. The summed E-state index contributed by atoms with van der Waals surface area (Å²) in [6.07, 6.45) is 5.16. The highest BCUT2D eigenvalue weighted by molar-refractivity contribution is 6.06. The van der Waals surface area contributed by atoms with Crippen molar-refractivity contribution in [1.82, 2.24) is 14.8 Å². The lowest BCUT2D eigenvalue weighted by Gasteiger charge is -2.19. The van der Waals surface area contributed by atoms with Crippen LogP contribution in [0.3, 0.4) is 0 Å². The van der Waals surface area contributed by atoms with E-state index >= 15 is 0 Å². The molecule has 0 fully saturated rings. The van der Waals surface area contributed by atoms with Crippen molar-refractivity contribution in [2.24, 2.45) is 7.05 Å². The number of amides is 1. The molecule has 0 aliphatic heterocycles. The normalized spacial score (nSPS) is 11.3. The second-order valence-electron chi connectivity index (χ2n) is 7.52. The first-order valence-corrected chi connectivity index (χ1v) is 8.91. The summed E-state index contributed by atoms with van der Waals surface area (Å²) in [4.78, 5) is 16.8. The second kappa shape index (κ2) is 7.61. The molecule has 0 spiro atoms. The van der Waals surface area contributed by atoms with E-state index in [1.807, 2.05) is 36.4 Å². The molecular formula is C21H25N5O. The van der Waals surface area contributed by atoms with Crippen molar-refractivity contribution in [3.05, 3.63) is 71.8 Å². The Morgan fingerprint density at radius 1 is 1.07 bits per heavy atom. The van der Waals surface area contributed by atoms with Gasteiger partial charge in [-0.05, 0) is 40.8 Å². The molecule has 2 N–H and O–H groups in total. The van der Waals surface area contributed by atoms with Crippen molar-refractivity contribution < 1.29 is 4.79 Å². The quantitative estimate of drug-likeness (QED) is 0.719. The Kier molecular flexibility index (Phi) is 5.26. The first-order valence-electron chi connectivity index (χ1n) is 8.91. The maximum absolute atomic E-state index is 12.8. The Bertz CT molecular complexity index is 908. The lowest BCUT2D eigenvalue weighted by molar-refractivity contribution is 0.101. The summed E-state index contributed by atoms with van der Waals surface area (Å²) >= 11 is 0. The number of carbonyl (C=O) groups is 1. The first-order chi connectivity index (χ1) is 12.8. The van der Waals surface area contributed by atoms with Gasteiger partial charge in [-0.15, -0.1) is 0 Å². The van der Waals surface area contributed by atoms with Crippen molar-refractivity contribution in [2.75, 3.05) is 10.6 Å². The average molecular weight is 363 g/mol. The topological polar surface area (TPSA) is 71.8 Å². The first kappa shape index (κ1) is 18.6. The molecule has 0 aliphatic rings. The van der Waals surface area contributed by atoms with E-state index in [1.54, 1.807) is 30.3 Å². The summed E-state index contributed by atoms with van der Waals surface area (Å²) in [6.45, 7) is 7.08. The molecule has 0 aliphatic carbocycles. The fraction of sp³-hybridized carbons (Fsp3) is 0.286. The molecule has 0 radical (unpaired) electrons. The van der Waals surface area contributed by atoms with Gasteiger partial charge in [-0.1, -0.05) is 32.9 Å². The molecule has 0 saturated heterocycles. The Morgan fingerprint density at radius 2 is 1.74 bits per heavy atom. The Labute approximate surface area is 159 Å². The van der Waals surface area contributed by atoms with Crippen LogP contribution < -0.4 is 10.6 Å². The molecule has 6 heteroatoms. The second-order valence-corrected chi connectivity index (χ2v) is 7.52. The maximum atomic E-state index is 12.8. The van der Waals surface area contributed by atoms with E-state index in [2.05, 4.69) is 41.5 Å². The van der Waals surface area contributed by atoms with Gasteiger partial charge in [0.2, 0.25) is 0 Å². The average Bonchev–Trinajstić information content (AvgIpc) is 3.01. The summed E-state index contributed by atoms with van der Waals surface area (Å²) in [7, 11) is 1.76. The SMILES string of the molecule is Cn1ncc(NCc2ccncc2)c1C(=O)Nc1ccc(C(C)(C)C)cc1. The zero-order valence-corrected chi connectivity index (χ0v) is 16.2. The predicted octanol–water partition coefficient (Wildman–Crippen LogP) is 3.98. The van der Waals surface area contributed by atoms with E-state index in [1.165, 1.54) is 5.56 Å². The molecule has 2 aromatic heterocycles. The molecule has 2 heterocycles. The van der Waals surface area contributed by atoms with Gasteiger partial charge in [0.05, 0.1) is 11.9 Å². The summed E-state index contributed by atoms with van der Waals surface area (Å²) in [5.41, 5.74) is 4.32. The minimum atomic E-state index is -0.198. The number of nitrogens with one attached hydrogen (secondary N) is 2. The number of aromatic nitrogens is 3. The molecule has 3 rings (SSSR count). The highest BCUT2D eigenvalue weighted by Gasteiger charge is 2.18. The zero-order valence-electron chi connectivity index (χ0n) is 16.2. The minimum absolute atomic E-state index is 0.0780. The van der Waals surface area contributed by atoms with Gasteiger partial charge in [-0.2, -0.15) is 5.10 Å². The van der Waals surface area contributed by atoms with E-state index in [0.29, 0.717) is 17.9 Å². The van der Waals surface area contributed by atoms with Crippen molar-refractivity contribution in [1.29, 1.82) is 0 Å². The van der Waals surface area contributed by atoms with Crippen molar-refractivity contribution >= 4 is 17.3 Å². The number of benzene rings is 1. The van der Waals surface area contributed by atoms with Gasteiger partial charge >= 0.3 is 0 Å². The number of pyridine rings is 1. The smallest absolute Gasteiger partial charge is 0.276 e. The van der Waals surface area contributed by atoms with Crippen LogP contribution in [-0.4, -0.2) is 20.7 Å². The molecule has 3 aromatic rings. The molecule has 1 aromatic carbocycles. The number of aryl methyl sites for hydroxylation is 1. The van der Waals surface area contributed by atoms with Gasteiger partial charge in [0.25, 0.3) is 5.91 Å². The number of carbonyl (C=O) groups excluding carboxylic acids is 1. The summed E-state index contributed by atoms with van der Waals surface area (Å²) in [5, 5.41) is 10.4. The van der Waals surface area contributed by atoms with E-state index in [4.69, 9.17) is 0 Å². The van der Waals surface area contributed by atoms with Crippen LogP contribution in [0.4, 0.5) is 11.4 Å². The van der Waals surface area contributed by atoms with Crippen LogP contribution in [0.15, 0.2) is 55.0 Å². The summed E-state index contributed by atoms with van der Waals surface area (Å²) in [6, 6.07) is 11.8. The molecule has 6 nitrogen and oxygen atoms in total. The molecular weight excluding hydrogens is 338 g/mol. The monoisotopic (exact) mass is 363 g/mol. The van der Waals surface area contributed by atoms with Crippen LogP contribution in [0.2, 0.25) is 0 Å². The molecule has 27 heavy (non-hydrogen) atoms. The maximum Gasteiger partial charge on any atom is 0.276 e. The number of hydrogen-bond acceptors (Lipinski definition) is 4. The molecule has 0 bridgehead atoms. The summed E-state index contributed by atoms with van der Waals surface area (Å²) < 4.78 is 1.58. The van der Waals surface area contributed by atoms with E-state index in [0.717, 1.165) is 11.3 Å². The molecule has 0 atom stereocenters. The lowest BCUT2D eigenvalue weighted by Crippen LogP contribution is -2.18. The number of hydrogen-bond donors (Lipinski definition) is 2. The van der Waals surface area contributed by atoms with E-state index < -0.39 is 0 Å². The van der Waals surface area contributed by atoms with Crippen molar-refractivity contribution in [3.63, 3.8) is 0 Å². The van der Waals surface area contributed by atoms with Gasteiger partial charge in [0.1, 0.15) is 5.69 Å². The zero-order chi connectivity index (χ0) is 19.4.